The van der Waals surface area contributed by atoms with E-state index in [0.717, 1.165) is 24.3 Å². The van der Waals surface area contributed by atoms with Gasteiger partial charge in [-0.2, -0.15) is 18.3 Å². The zero-order chi connectivity index (χ0) is 27.9. The van der Waals surface area contributed by atoms with E-state index < -0.39 is 34.1 Å². The number of halogens is 5. The van der Waals surface area contributed by atoms with Gasteiger partial charge in [0.2, 0.25) is 0 Å². The molecule has 0 unspecified atom stereocenters. The first-order valence-electron chi connectivity index (χ1n) is 10.7. The number of thiophene rings is 1. The maximum Gasteiger partial charge on any atom is 0.433 e. The minimum Gasteiger partial charge on any atom is -0.455 e. The number of fused-ring (bicyclic) bond motifs is 1. The molecule has 39 heavy (non-hydrogen) atoms. The highest BCUT2D eigenvalue weighted by atomic mass is 35.5. The number of nitro benzene ring substituents is 1. The Morgan fingerprint density at radius 2 is 1.90 bits per heavy atom. The van der Waals surface area contributed by atoms with Crippen LogP contribution in [0.25, 0.3) is 16.2 Å². The lowest BCUT2D eigenvalue weighted by Crippen LogP contribution is -2.15. The van der Waals surface area contributed by atoms with Crippen LogP contribution in [0, 0.1) is 10.1 Å². The molecule has 0 saturated carbocycles. The molecule has 1 amide bonds. The predicted octanol–water partition coefficient (Wildman–Crippen LogP) is 7.74. The van der Waals surface area contributed by atoms with Crippen LogP contribution in [-0.2, 0) is 6.18 Å². The molecule has 0 atom stereocenters. The van der Waals surface area contributed by atoms with Crippen molar-refractivity contribution in [2.75, 3.05) is 5.32 Å². The fourth-order valence-electron chi connectivity index (χ4n) is 3.54. The summed E-state index contributed by atoms with van der Waals surface area (Å²) in [5, 5.41) is 19.8. The molecule has 0 bridgehead atoms. The molecule has 0 radical (unpaired) electrons. The number of alkyl halides is 3. The standard InChI is InChI=1S/C24H12Cl2F3N5O4S/c25-12-3-4-19(16(26)6-12)38-15-8-13(7-14(9-15)34(36)37)30-23(35)18-11-22-31-17(20-2-1-5-39-20)10-21(24(27,28)29)33(22)32-18/h1-11H,(H,30,35). The molecule has 0 aliphatic heterocycles. The molecule has 0 fully saturated rings. The summed E-state index contributed by atoms with van der Waals surface area (Å²) >= 11 is 13.2. The number of amides is 1. The molecule has 0 aliphatic rings. The van der Waals surface area contributed by atoms with Crippen molar-refractivity contribution >= 4 is 57.5 Å². The van der Waals surface area contributed by atoms with Gasteiger partial charge in [0.15, 0.2) is 17.0 Å². The highest BCUT2D eigenvalue weighted by Gasteiger charge is 2.36. The minimum absolute atomic E-state index is 0.0414. The zero-order valence-electron chi connectivity index (χ0n) is 19.1. The highest BCUT2D eigenvalue weighted by Crippen LogP contribution is 2.36. The summed E-state index contributed by atoms with van der Waals surface area (Å²) in [5.74, 6) is -0.825. The van der Waals surface area contributed by atoms with Gasteiger partial charge >= 0.3 is 6.18 Å². The molecule has 0 spiro atoms. The number of carbonyl (C=O) groups excluding carboxylic acids is 1. The van der Waals surface area contributed by atoms with E-state index in [0.29, 0.717) is 14.4 Å². The Bertz CT molecular complexity index is 1740. The SMILES string of the molecule is O=C(Nc1cc(Oc2ccc(Cl)cc2Cl)cc([N+](=O)[O-])c1)c1cc2nc(-c3cccs3)cc(C(F)(F)F)n2n1. The molecule has 0 saturated heterocycles. The average molecular weight is 594 g/mol. The first-order chi connectivity index (χ1) is 18.5. The van der Waals surface area contributed by atoms with Gasteiger partial charge in [0.05, 0.1) is 32.3 Å². The second-order valence-corrected chi connectivity index (χ2v) is 9.70. The van der Waals surface area contributed by atoms with Gasteiger partial charge in [-0.3, -0.25) is 14.9 Å². The number of benzene rings is 2. The van der Waals surface area contributed by atoms with Crippen molar-refractivity contribution in [3.05, 3.63) is 97.6 Å². The lowest BCUT2D eigenvalue weighted by Gasteiger charge is -2.10. The summed E-state index contributed by atoms with van der Waals surface area (Å²) in [5.41, 5.74) is -2.16. The van der Waals surface area contributed by atoms with E-state index in [9.17, 15) is 28.1 Å². The summed E-state index contributed by atoms with van der Waals surface area (Å²) in [7, 11) is 0. The molecule has 15 heteroatoms. The van der Waals surface area contributed by atoms with Gasteiger partial charge in [0.25, 0.3) is 11.6 Å². The molecule has 0 aliphatic carbocycles. The Morgan fingerprint density at radius 1 is 1.10 bits per heavy atom. The fourth-order valence-corrected chi connectivity index (χ4v) is 4.67. The van der Waals surface area contributed by atoms with Crippen LogP contribution in [0.1, 0.15) is 16.2 Å². The van der Waals surface area contributed by atoms with Gasteiger partial charge < -0.3 is 10.1 Å². The lowest BCUT2D eigenvalue weighted by molar-refractivity contribution is -0.384. The number of hydrogen-bond donors (Lipinski definition) is 1. The van der Waals surface area contributed by atoms with Gasteiger partial charge in [-0.1, -0.05) is 29.3 Å². The number of ether oxygens (including phenoxy) is 1. The smallest absolute Gasteiger partial charge is 0.433 e. The van der Waals surface area contributed by atoms with Crippen molar-refractivity contribution in [3.8, 4) is 22.1 Å². The van der Waals surface area contributed by atoms with E-state index >= 15 is 0 Å². The number of carbonyl (C=O) groups is 1. The molecule has 198 valence electrons. The highest BCUT2D eigenvalue weighted by molar-refractivity contribution is 7.13. The maximum atomic E-state index is 13.8. The Balaban J connectivity index is 1.49. The second kappa shape index (κ2) is 10.2. The summed E-state index contributed by atoms with van der Waals surface area (Å²) in [6, 6.07) is 13.0. The van der Waals surface area contributed by atoms with Crippen LogP contribution < -0.4 is 10.1 Å². The average Bonchev–Trinajstić information content (AvgIpc) is 3.54. The molecule has 9 nitrogen and oxygen atoms in total. The van der Waals surface area contributed by atoms with Gasteiger partial charge in [0, 0.05) is 23.2 Å². The Hall–Kier alpha value is -4.20. The number of nitrogens with zero attached hydrogens (tertiary/aromatic N) is 4. The quantitative estimate of drug-likeness (QED) is 0.159. The van der Waals surface area contributed by atoms with Crippen molar-refractivity contribution in [1.82, 2.24) is 14.6 Å². The third-order valence-corrected chi connectivity index (χ3v) is 6.63. The maximum absolute atomic E-state index is 13.8. The van der Waals surface area contributed by atoms with Crippen molar-refractivity contribution in [2.24, 2.45) is 0 Å². The molecule has 5 aromatic rings. The number of aromatic nitrogens is 3. The van der Waals surface area contributed by atoms with Crippen LogP contribution in [0.3, 0.4) is 0 Å². The van der Waals surface area contributed by atoms with E-state index in [1.54, 1.807) is 17.5 Å². The van der Waals surface area contributed by atoms with Crippen molar-refractivity contribution in [3.63, 3.8) is 0 Å². The second-order valence-electron chi connectivity index (χ2n) is 7.90. The molecule has 1 N–H and O–H groups in total. The first kappa shape index (κ1) is 26.4. The van der Waals surface area contributed by atoms with Crippen LogP contribution >= 0.6 is 34.5 Å². The molecule has 5 rings (SSSR count). The Kier molecular flexibility index (Phi) is 6.89. The Morgan fingerprint density at radius 3 is 2.56 bits per heavy atom. The van der Waals surface area contributed by atoms with Crippen molar-refractivity contribution < 1.29 is 27.6 Å². The summed E-state index contributed by atoms with van der Waals surface area (Å²) in [6.45, 7) is 0. The van der Waals surface area contributed by atoms with Crippen LogP contribution in [0.15, 0.2) is 66.0 Å². The van der Waals surface area contributed by atoms with Crippen molar-refractivity contribution in [2.45, 2.75) is 6.18 Å². The van der Waals surface area contributed by atoms with E-state index in [4.69, 9.17) is 27.9 Å². The topological polar surface area (TPSA) is 112 Å². The van der Waals surface area contributed by atoms with Crippen molar-refractivity contribution in [1.29, 1.82) is 0 Å². The van der Waals surface area contributed by atoms with Gasteiger partial charge in [0.1, 0.15) is 11.5 Å². The largest absolute Gasteiger partial charge is 0.455 e. The monoisotopic (exact) mass is 593 g/mol. The van der Waals surface area contributed by atoms with E-state index in [1.807, 2.05) is 0 Å². The molecular weight excluding hydrogens is 582 g/mol. The number of hydrogen-bond acceptors (Lipinski definition) is 7. The third-order valence-electron chi connectivity index (χ3n) is 5.21. The summed E-state index contributed by atoms with van der Waals surface area (Å²) < 4.78 is 47.6. The number of non-ortho nitro benzene ring substituents is 1. The van der Waals surface area contributed by atoms with E-state index in [2.05, 4.69) is 15.4 Å². The number of anilines is 1. The normalized spacial score (nSPS) is 11.5. The summed E-state index contributed by atoms with van der Waals surface area (Å²) in [4.78, 5) is 28.4. The number of nitro groups is 1. The number of nitrogens with one attached hydrogen (secondary N) is 1. The lowest BCUT2D eigenvalue weighted by atomic mass is 10.2. The summed E-state index contributed by atoms with van der Waals surface area (Å²) in [6.07, 6.45) is -4.79. The van der Waals surface area contributed by atoms with E-state index in [-0.39, 0.29) is 33.6 Å². The van der Waals surface area contributed by atoms with E-state index in [1.165, 1.54) is 35.6 Å². The zero-order valence-corrected chi connectivity index (χ0v) is 21.4. The third kappa shape index (κ3) is 5.65. The molecule has 2 aromatic carbocycles. The van der Waals surface area contributed by atoms with Crippen LogP contribution in [-0.4, -0.2) is 25.4 Å². The fraction of sp³-hybridized carbons (Fsp3) is 0.0417. The molecule has 3 heterocycles. The molecular formula is C24H12Cl2F3N5O4S. The number of rotatable bonds is 6. The Labute approximate surface area is 230 Å². The van der Waals surface area contributed by atoms with Gasteiger partial charge in [-0.05, 0) is 35.7 Å². The predicted molar refractivity (Wildman–Crippen MR) is 139 cm³/mol. The minimum atomic E-state index is -4.79. The molecule has 3 aromatic heterocycles. The van der Waals surface area contributed by atoms with Crippen LogP contribution in [0.4, 0.5) is 24.5 Å². The van der Waals surface area contributed by atoms with Gasteiger partial charge in [-0.15, -0.1) is 11.3 Å². The van der Waals surface area contributed by atoms with Crippen LogP contribution in [0.2, 0.25) is 10.0 Å². The van der Waals surface area contributed by atoms with Crippen LogP contribution in [0.5, 0.6) is 11.5 Å². The van der Waals surface area contributed by atoms with Gasteiger partial charge in [-0.25, -0.2) is 9.50 Å². The first-order valence-corrected chi connectivity index (χ1v) is 12.4.